The van der Waals surface area contributed by atoms with Gasteiger partial charge in [-0.2, -0.15) is 0 Å². The highest BCUT2D eigenvalue weighted by molar-refractivity contribution is 6.05. The van der Waals surface area contributed by atoms with Gasteiger partial charge in [0, 0.05) is 24.9 Å². The normalized spacial score (nSPS) is 14.2. The molecule has 2 aromatic heterocycles. The van der Waals surface area contributed by atoms with Gasteiger partial charge >= 0.3 is 6.09 Å². The molecule has 0 spiro atoms. The van der Waals surface area contributed by atoms with Crippen LogP contribution in [0.15, 0.2) is 18.3 Å². The Kier molecular flexibility index (Phi) is 2.63. The first-order chi connectivity index (χ1) is 9.56. The van der Waals surface area contributed by atoms with Gasteiger partial charge in [0.15, 0.2) is 0 Å². The summed E-state index contributed by atoms with van der Waals surface area (Å²) in [6, 6.07) is 3.25. The molecule has 20 heavy (non-hydrogen) atoms. The Hall–Kier alpha value is -2.90. The van der Waals surface area contributed by atoms with Gasteiger partial charge in [0.05, 0.1) is 17.0 Å². The molecule has 0 fully saturated rings. The number of hydrogen-bond acceptors (Lipinski definition) is 5. The summed E-state index contributed by atoms with van der Waals surface area (Å²) in [6.45, 7) is 0.146. The summed E-state index contributed by atoms with van der Waals surface area (Å²) in [5, 5.41) is 8.95. The zero-order valence-electron chi connectivity index (χ0n) is 10.3. The number of rotatable bonds is 1. The maximum Gasteiger partial charge on any atom is 0.414 e. The van der Waals surface area contributed by atoms with Gasteiger partial charge in [0.1, 0.15) is 0 Å². The summed E-state index contributed by atoms with van der Waals surface area (Å²) in [5.41, 5.74) is 7.75. The lowest BCUT2D eigenvalue weighted by atomic mass is 10.1. The maximum atomic E-state index is 12.0. The molecule has 0 unspecified atom stereocenters. The van der Waals surface area contributed by atoms with E-state index in [1.54, 1.807) is 12.1 Å². The number of amides is 2. The van der Waals surface area contributed by atoms with E-state index in [0.29, 0.717) is 29.1 Å². The number of hydrogen-bond donors (Lipinski definition) is 3. The summed E-state index contributed by atoms with van der Waals surface area (Å²) >= 11 is 0. The number of anilines is 1. The molecule has 0 radical (unpaired) electrons. The number of nitrogens with two attached hydrogens (primary N) is 1. The molecule has 0 aliphatic carbocycles. The van der Waals surface area contributed by atoms with Crippen molar-refractivity contribution >= 4 is 17.9 Å². The molecule has 2 amide bonds. The van der Waals surface area contributed by atoms with Gasteiger partial charge < -0.3 is 15.8 Å². The Morgan fingerprint density at radius 2 is 2.30 bits per heavy atom. The Morgan fingerprint density at radius 1 is 1.50 bits per heavy atom. The van der Waals surface area contributed by atoms with Crippen LogP contribution >= 0.6 is 0 Å². The zero-order valence-corrected chi connectivity index (χ0v) is 10.3. The average molecular weight is 273 g/mol. The molecule has 0 aromatic carbocycles. The number of nitrogens with one attached hydrogen (secondary N) is 1. The quantitative estimate of drug-likeness (QED) is 0.703. The highest BCUT2D eigenvalue weighted by Gasteiger charge is 2.30. The van der Waals surface area contributed by atoms with Crippen molar-refractivity contribution in [3.63, 3.8) is 0 Å². The largest absolute Gasteiger partial charge is 0.465 e. The average Bonchev–Trinajstić information content (AvgIpc) is 2.83. The van der Waals surface area contributed by atoms with Crippen molar-refractivity contribution in [1.82, 2.24) is 19.9 Å². The summed E-state index contributed by atoms with van der Waals surface area (Å²) in [7, 11) is 0. The van der Waals surface area contributed by atoms with E-state index >= 15 is 0 Å². The van der Waals surface area contributed by atoms with Crippen molar-refractivity contribution in [1.29, 1.82) is 0 Å². The molecule has 1 aliphatic heterocycles. The van der Waals surface area contributed by atoms with Gasteiger partial charge in [-0.25, -0.2) is 19.7 Å². The lowest BCUT2D eigenvalue weighted by Gasteiger charge is -2.21. The van der Waals surface area contributed by atoms with Gasteiger partial charge in [-0.15, -0.1) is 0 Å². The third-order valence-corrected chi connectivity index (χ3v) is 3.14. The van der Waals surface area contributed by atoms with Crippen LogP contribution in [-0.4, -0.2) is 43.5 Å². The molecular weight excluding hydrogens is 262 g/mol. The summed E-state index contributed by atoms with van der Waals surface area (Å²) in [5.74, 6) is -0.392. The van der Waals surface area contributed by atoms with Gasteiger partial charge in [-0.1, -0.05) is 0 Å². The van der Waals surface area contributed by atoms with E-state index in [0.717, 1.165) is 4.90 Å². The Balaban J connectivity index is 2.02. The first kappa shape index (κ1) is 12.2. The molecule has 0 saturated heterocycles. The molecular formula is C12H11N5O3. The van der Waals surface area contributed by atoms with Crippen LogP contribution < -0.4 is 5.73 Å². The van der Waals surface area contributed by atoms with Crippen molar-refractivity contribution in [2.75, 3.05) is 12.3 Å². The minimum absolute atomic E-state index is 0.133. The zero-order chi connectivity index (χ0) is 14.3. The fourth-order valence-corrected chi connectivity index (χ4v) is 2.20. The van der Waals surface area contributed by atoms with Crippen LogP contribution in [-0.2, 0) is 6.42 Å². The lowest BCUT2D eigenvalue weighted by molar-refractivity contribution is 0.0727. The first-order valence-corrected chi connectivity index (χ1v) is 5.92. The van der Waals surface area contributed by atoms with Crippen molar-refractivity contribution in [3.8, 4) is 11.4 Å². The summed E-state index contributed by atoms with van der Waals surface area (Å²) in [6.07, 6.45) is 0.728. The maximum absolute atomic E-state index is 12.0. The van der Waals surface area contributed by atoms with E-state index in [-0.39, 0.29) is 12.5 Å². The van der Waals surface area contributed by atoms with Crippen LogP contribution in [0.3, 0.4) is 0 Å². The molecule has 8 nitrogen and oxygen atoms in total. The number of aromatic nitrogens is 3. The molecule has 8 heteroatoms. The van der Waals surface area contributed by atoms with E-state index in [1.165, 1.54) is 6.20 Å². The third-order valence-electron chi connectivity index (χ3n) is 3.14. The number of H-pyrrole nitrogens is 1. The van der Waals surface area contributed by atoms with Crippen LogP contribution in [0.4, 0.5) is 10.7 Å². The number of nitrogens with zero attached hydrogens (tertiary/aromatic N) is 3. The van der Waals surface area contributed by atoms with Gasteiger partial charge in [0.25, 0.3) is 5.91 Å². The van der Waals surface area contributed by atoms with Gasteiger partial charge in [0.2, 0.25) is 5.95 Å². The van der Waals surface area contributed by atoms with Crippen LogP contribution in [0, 0.1) is 0 Å². The third kappa shape index (κ3) is 1.87. The van der Waals surface area contributed by atoms with Crippen molar-refractivity contribution in [3.05, 3.63) is 29.6 Å². The minimum atomic E-state index is -1.24. The van der Waals surface area contributed by atoms with Crippen molar-refractivity contribution in [2.45, 2.75) is 6.42 Å². The van der Waals surface area contributed by atoms with Crippen LogP contribution in [0.25, 0.3) is 11.4 Å². The summed E-state index contributed by atoms with van der Waals surface area (Å²) < 4.78 is 0. The molecule has 2 aromatic rings. The predicted octanol–water partition coefficient (Wildman–Crippen LogP) is 0.730. The smallest absolute Gasteiger partial charge is 0.414 e. The second-order valence-corrected chi connectivity index (χ2v) is 4.36. The Bertz CT molecular complexity index is 709. The highest BCUT2D eigenvalue weighted by Crippen LogP contribution is 2.25. The van der Waals surface area contributed by atoms with Crippen molar-refractivity contribution in [2.24, 2.45) is 0 Å². The van der Waals surface area contributed by atoms with Crippen molar-refractivity contribution < 1.29 is 14.7 Å². The standard InChI is InChI=1S/C12H11N5O3/c13-11-14-3-1-8(16-11)9-5-6-7(15-9)2-4-17(10(6)18)12(19)20/h1,3,5,15H,2,4H2,(H,19,20)(H2,13,14,16). The number of nitrogen functional groups attached to an aromatic ring is 1. The molecule has 4 N–H and O–H groups in total. The van der Waals surface area contributed by atoms with E-state index in [2.05, 4.69) is 15.0 Å². The highest BCUT2D eigenvalue weighted by atomic mass is 16.4. The number of aromatic amines is 1. The number of carbonyl (C=O) groups is 2. The SMILES string of the molecule is Nc1nccc(-c2cc3c([nH]2)CCN(C(=O)O)C3=O)n1. The molecule has 1 aliphatic rings. The molecule has 3 rings (SSSR count). The number of imide groups is 1. The Morgan fingerprint density at radius 3 is 3.00 bits per heavy atom. The molecule has 0 saturated carbocycles. The monoisotopic (exact) mass is 273 g/mol. The summed E-state index contributed by atoms with van der Waals surface area (Å²) in [4.78, 5) is 34.7. The minimum Gasteiger partial charge on any atom is -0.465 e. The number of fused-ring (bicyclic) bond motifs is 1. The van der Waals surface area contributed by atoms with Crippen LogP contribution in [0.2, 0.25) is 0 Å². The van der Waals surface area contributed by atoms with Gasteiger partial charge in [-0.3, -0.25) is 4.79 Å². The van der Waals surface area contributed by atoms with E-state index in [9.17, 15) is 9.59 Å². The molecule has 0 bridgehead atoms. The fraction of sp³-hybridized carbons (Fsp3) is 0.167. The Labute approximate surface area is 113 Å². The van der Waals surface area contributed by atoms with E-state index in [1.807, 2.05) is 0 Å². The fourth-order valence-electron chi connectivity index (χ4n) is 2.20. The second kappa shape index (κ2) is 4.34. The van der Waals surface area contributed by atoms with Gasteiger partial charge in [-0.05, 0) is 12.1 Å². The number of carboxylic acid groups (broad SMARTS) is 1. The van der Waals surface area contributed by atoms with E-state index < -0.39 is 12.0 Å². The first-order valence-electron chi connectivity index (χ1n) is 5.92. The second-order valence-electron chi connectivity index (χ2n) is 4.36. The molecule has 102 valence electrons. The topological polar surface area (TPSA) is 125 Å². The lowest BCUT2D eigenvalue weighted by Crippen LogP contribution is -2.40. The van der Waals surface area contributed by atoms with Crippen LogP contribution in [0.5, 0.6) is 0 Å². The predicted molar refractivity (Wildman–Crippen MR) is 69.0 cm³/mol. The molecule has 3 heterocycles. The van der Waals surface area contributed by atoms with E-state index in [4.69, 9.17) is 10.8 Å². The molecule has 0 atom stereocenters. The van der Waals surface area contributed by atoms with Crippen LogP contribution in [0.1, 0.15) is 16.1 Å². The number of carbonyl (C=O) groups excluding carboxylic acids is 1.